The van der Waals surface area contributed by atoms with Gasteiger partial charge in [0.2, 0.25) is 0 Å². The third-order valence-electron chi connectivity index (χ3n) is 2.45. The summed E-state index contributed by atoms with van der Waals surface area (Å²) in [7, 11) is 0. The fourth-order valence-electron chi connectivity index (χ4n) is 1.46. The molecule has 0 aliphatic rings. The molecule has 0 radical (unpaired) electrons. The number of benzene rings is 1. The standard InChI is InChI=1S/C12H11Br2F3O/c1-2-11(18)10(14)6-7-3-4-9(13)8(5-7)12(15,16)17/h3-5,10H,2,6H2,1H3. The van der Waals surface area contributed by atoms with Gasteiger partial charge in [0.1, 0.15) is 5.78 Å². The predicted molar refractivity (Wildman–Crippen MR) is 70.9 cm³/mol. The van der Waals surface area contributed by atoms with Crippen molar-refractivity contribution in [3.8, 4) is 0 Å². The Morgan fingerprint density at radius 3 is 2.50 bits per heavy atom. The van der Waals surface area contributed by atoms with Crippen LogP contribution in [0, 0.1) is 0 Å². The molecule has 0 spiro atoms. The van der Waals surface area contributed by atoms with Gasteiger partial charge in [0.05, 0.1) is 10.4 Å². The zero-order chi connectivity index (χ0) is 13.9. The number of ketones is 1. The molecular weight excluding hydrogens is 377 g/mol. The summed E-state index contributed by atoms with van der Waals surface area (Å²) in [5, 5.41) is 0. The van der Waals surface area contributed by atoms with Crippen LogP contribution in [-0.4, -0.2) is 10.6 Å². The number of carbonyl (C=O) groups is 1. The highest BCUT2D eigenvalue weighted by atomic mass is 79.9. The lowest BCUT2D eigenvalue weighted by atomic mass is 10.0. The van der Waals surface area contributed by atoms with Crippen molar-refractivity contribution in [2.75, 3.05) is 0 Å². The van der Waals surface area contributed by atoms with Crippen LogP contribution in [0.3, 0.4) is 0 Å². The molecule has 1 rings (SSSR count). The Bertz CT molecular complexity index is 443. The first-order valence-electron chi connectivity index (χ1n) is 5.28. The lowest BCUT2D eigenvalue weighted by Gasteiger charge is -2.12. The SMILES string of the molecule is CCC(=O)C(Br)Cc1ccc(Br)c(C(F)(F)F)c1. The zero-order valence-electron chi connectivity index (χ0n) is 9.52. The Morgan fingerprint density at radius 1 is 1.39 bits per heavy atom. The van der Waals surface area contributed by atoms with Crippen LogP contribution in [0.1, 0.15) is 24.5 Å². The Hall–Kier alpha value is -0.360. The molecule has 1 atom stereocenters. The second-order valence-electron chi connectivity index (χ2n) is 3.80. The Kier molecular flexibility index (Phi) is 5.40. The number of hydrogen-bond acceptors (Lipinski definition) is 1. The first-order chi connectivity index (χ1) is 8.25. The minimum absolute atomic E-state index is 0.00619. The van der Waals surface area contributed by atoms with E-state index in [2.05, 4.69) is 31.9 Å². The van der Waals surface area contributed by atoms with E-state index in [1.54, 1.807) is 13.0 Å². The Morgan fingerprint density at radius 2 is 2.00 bits per heavy atom. The van der Waals surface area contributed by atoms with Gasteiger partial charge in [0.15, 0.2) is 0 Å². The van der Waals surface area contributed by atoms with Crippen LogP contribution in [-0.2, 0) is 17.4 Å². The summed E-state index contributed by atoms with van der Waals surface area (Å²) in [6.45, 7) is 1.72. The van der Waals surface area contributed by atoms with E-state index in [0.717, 1.165) is 6.07 Å². The van der Waals surface area contributed by atoms with Crippen LogP contribution in [0.4, 0.5) is 13.2 Å². The van der Waals surface area contributed by atoms with Crippen molar-refractivity contribution in [3.63, 3.8) is 0 Å². The molecule has 0 N–H and O–H groups in total. The fraction of sp³-hybridized carbons (Fsp3) is 0.417. The number of halogens is 5. The quantitative estimate of drug-likeness (QED) is 0.681. The fourth-order valence-corrected chi connectivity index (χ4v) is 2.63. The van der Waals surface area contributed by atoms with Gasteiger partial charge in [-0.2, -0.15) is 13.2 Å². The molecule has 1 unspecified atom stereocenters. The van der Waals surface area contributed by atoms with Crippen LogP contribution >= 0.6 is 31.9 Å². The van der Waals surface area contributed by atoms with Gasteiger partial charge in [0, 0.05) is 10.9 Å². The minimum atomic E-state index is -4.40. The van der Waals surface area contributed by atoms with Gasteiger partial charge in [-0.15, -0.1) is 0 Å². The minimum Gasteiger partial charge on any atom is -0.298 e. The number of Topliss-reactive ketones (excluding diaryl/α,β-unsaturated/α-hetero) is 1. The summed E-state index contributed by atoms with van der Waals surface area (Å²) < 4.78 is 38.1. The molecule has 6 heteroatoms. The highest BCUT2D eigenvalue weighted by molar-refractivity contribution is 9.10. The summed E-state index contributed by atoms with van der Waals surface area (Å²) in [6.07, 6.45) is -3.78. The molecule has 0 aliphatic heterocycles. The molecule has 0 heterocycles. The molecule has 0 saturated carbocycles. The maximum atomic E-state index is 12.7. The molecule has 0 amide bonds. The second-order valence-corrected chi connectivity index (χ2v) is 5.76. The van der Waals surface area contributed by atoms with E-state index in [1.165, 1.54) is 6.07 Å². The molecule has 100 valence electrons. The summed E-state index contributed by atoms with van der Waals surface area (Å²) >= 11 is 6.07. The molecule has 18 heavy (non-hydrogen) atoms. The van der Waals surface area contributed by atoms with Crippen LogP contribution in [0.2, 0.25) is 0 Å². The summed E-state index contributed by atoms with van der Waals surface area (Å²) in [4.78, 5) is 10.9. The van der Waals surface area contributed by atoms with Gasteiger partial charge < -0.3 is 0 Å². The van der Waals surface area contributed by atoms with Crippen molar-refractivity contribution in [3.05, 3.63) is 33.8 Å². The summed E-state index contributed by atoms with van der Waals surface area (Å²) in [5.41, 5.74) is -0.238. The normalized spacial score (nSPS) is 13.4. The maximum absolute atomic E-state index is 12.7. The van der Waals surface area contributed by atoms with E-state index in [-0.39, 0.29) is 16.7 Å². The van der Waals surface area contributed by atoms with Crippen molar-refractivity contribution in [2.24, 2.45) is 0 Å². The van der Waals surface area contributed by atoms with Gasteiger partial charge in [0.25, 0.3) is 0 Å². The monoisotopic (exact) mass is 386 g/mol. The Labute approximate surface area is 120 Å². The molecule has 0 saturated heterocycles. The van der Waals surface area contributed by atoms with Crippen molar-refractivity contribution >= 4 is 37.6 Å². The van der Waals surface area contributed by atoms with Gasteiger partial charge in [-0.25, -0.2) is 0 Å². The topological polar surface area (TPSA) is 17.1 Å². The van der Waals surface area contributed by atoms with Gasteiger partial charge in [-0.1, -0.05) is 44.8 Å². The van der Waals surface area contributed by atoms with Crippen molar-refractivity contribution in [1.29, 1.82) is 0 Å². The van der Waals surface area contributed by atoms with Gasteiger partial charge in [-0.05, 0) is 24.1 Å². The number of rotatable bonds is 4. The highest BCUT2D eigenvalue weighted by Crippen LogP contribution is 2.35. The van der Waals surface area contributed by atoms with E-state index in [0.29, 0.717) is 12.0 Å². The van der Waals surface area contributed by atoms with Gasteiger partial charge >= 0.3 is 6.18 Å². The van der Waals surface area contributed by atoms with Crippen LogP contribution < -0.4 is 0 Å². The molecule has 1 nitrogen and oxygen atoms in total. The highest BCUT2D eigenvalue weighted by Gasteiger charge is 2.33. The van der Waals surface area contributed by atoms with E-state index in [9.17, 15) is 18.0 Å². The zero-order valence-corrected chi connectivity index (χ0v) is 12.7. The third kappa shape index (κ3) is 4.09. The number of hydrogen-bond donors (Lipinski definition) is 0. The van der Waals surface area contributed by atoms with Crippen LogP contribution in [0.25, 0.3) is 0 Å². The van der Waals surface area contributed by atoms with Crippen LogP contribution in [0.15, 0.2) is 22.7 Å². The van der Waals surface area contributed by atoms with Crippen LogP contribution in [0.5, 0.6) is 0 Å². The molecule has 0 aromatic heterocycles. The average molecular weight is 388 g/mol. The first kappa shape index (κ1) is 15.7. The molecule has 1 aromatic carbocycles. The largest absolute Gasteiger partial charge is 0.417 e. The van der Waals surface area contributed by atoms with Gasteiger partial charge in [-0.3, -0.25) is 4.79 Å². The van der Waals surface area contributed by atoms with E-state index in [1.807, 2.05) is 0 Å². The summed E-state index contributed by atoms with van der Waals surface area (Å²) in [5.74, 6) is -0.0218. The number of alkyl halides is 4. The Balaban J connectivity index is 2.96. The molecule has 0 bridgehead atoms. The van der Waals surface area contributed by atoms with Crippen molar-refractivity contribution < 1.29 is 18.0 Å². The predicted octanol–water partition coefficient (Wildman–Crippen LogP) is 4.75. The van der Waals surface area contributed by atoms with Crippen molar-refractivity contribution in [2.45, 2.75) is 30.8 Å². The third-order valence-corrected chi connectivity index (χ3v) is 3.97. The molecular formula is C12H11Br2F3O. The second kappa shape index (κ2) is 6.19. The first-order valence-corrected chi connectivity index (χ1v) is 6.99. The molecule has 1 aromatic rings. The summed E-state index contributed by atoms with van der Waals surface area (Å²) in [6, 6.07) is 4.01. The average Bonchev–Trinajstić information content (AvgIpc) is 2.29. The van der Waals surface area contributed by atoms with Crippen molar-refractivity contribution in [1.82, 2.24) is 0 Å². The maximum Gasteiger partial charge on any atom is 0.417 e. The molecule has 0 aliphatic carbocycles. The lowest BCUT2D eigenvalue weighted by molar-refractivity contribution is -0.138. The number of carbonyl (C=O) groups excluding carboxylic acids is 1. The van der Waals surface area contributed by atoms with E-state index < -0.39 is 16.6 Å². The van der Waals surface area contributed by atoms with E-state index >= 15 is 0 Å². The molecule has 0 fully saturated rings. The van der Waals surface area contributed by atoms with E-state index in [4.69, 9.17) is 0 Å². The lowest BCUT2D eigenvalue weighted by Crippen LogP contribution is -2.16. The smallest absolute Gasteiger partial charge is 0.298 e.